The van der Waals surface area contributed by atoms with Gasteiger partial charge < -0.3 is 19.3 Å². The first-order valence-electron chi connectivity index (χ1n) is 11.9. The number of esters is 1. The molecule has 0 aliphatic carbocycles. The molecule has 0 radical (unpaired) electrons. The summed E-state index contributed by atoms with van der Waals surface area (Å²) in [5.74, 6) is 1.51. The Morgan fingerprint density at radius 1 is 1.16 bits per heavy atom. The predicted octanol–water partition coefficient (Wildman–Crippen LogP) is 5.00. The lowest BCUT2D eigenvalue weighted by Crippen LogP contribution is -2.42. The van der Waals surface area contributed by atoms with Crippen LogP contribution in [0.2, 0.25) is 0 Å². The molecule has 0 saturated carbocycles. The third-order valence-corrected chi connectivity index (χ3v) is 7.05. The van der Waals surface area contributed by atoms with Crippen LogP contribution in [0.3, 0.4) is 0 Å². The van der Waals surface area contributed by atoms with E-state index in [0.29, 0.717) is 41.3 Å². The van der Waals surface area contributed by atoms with Crippen molar-refractivity contribution in [2.75, 3.05) is 13.2 Å². The normalized spacial score (nSPS) is 17.2. The van der Waals surface area contributed by atoms with Gasteiger partial charge in [0.1, 0.15) is 29.5 Å². The van der Waals surface area contributed by atoms with Gasteiger partial charge in [-0.15, -0.1) is 0 Å². The monoisotopic (exact) mass is 524 g/mol. The average Bonchev–Trinajstić information content (AvgIpc) is 2.87. The molecule has 0 aromatic heterocycles. The molecule has 0 fully saturated rings. The van der Waals surface area contributed by atoms with Crippen molar-refractivity contribution in [2.45, 2.75) is 53.1 Å². The van der Waals surface area contributed by atoms with E-state index in [9.17, 15) is 14.4 Å². The van der Waals surface area contributed by atoms with E-state index in [-0.39, 0.29) is 6.61 Å². The van der Waals surface area contributed by atoms with Crippen molar-refractivity contribution < 1.29 is 33.7 Å². The van der Waals surface area contributed by atoms with Crippen LogP contribution in [0.15, 0.2) is 35.3 Å². The largest absolute Gasteiger partial charge is 0.489 e. The van der Waals surface area contributed by atoms with Gasteiger partial charge in [0.2, 0.25) is 0 Å². The number of aldehydes is 1. The van der Waals surface area contributed by atoms with Crippen molar-refractivity contribution in [3.05, 3.63) is 68.6 Å². The first kappa shape index (κ1) is 28.2. The number of thioether (sulfide) groups is 1. The maximum atomic E-state index is 12.1. The molecule has 3 rings (SSSR count). The van der Waals surface area contributed by atoms with E-state index in [4.69, 9.17) is 19.3 Å². The van der Waals surface area contributed by atoms with Crippen LogP contribution < -0.4 is 14.2 Å². The van der Waals surface area contributed by atoms with Crippen molar-refractivity contribution in [1.82, 2.24) is 0 Å². The van der Waals surface area contributed by atoms with Crippen LogP contribution >= 0.6 is 11.8 Å². The highest BCUT2D eigenvalue weighted by atomic mass is 32.2. The number of hydrogen-bond donors (Lipinski definition) is 1. The Balaban J connectivity index is 1.77. The van der Waals surface area contributed by atoms with Crippen LogP contribution in [-0.2, 0) is 20.8 Å². The summed E-state index contributed by atoms with van der Waals surface area (Å²) in [6.45, 7) is 9.83. The molecular formula is C29H32O7S. The van der Waals surface area contributed by atoms with Gasteiger partial charge in [-0.05, 0) is 93.5 Å². The lowest BCUT2D eigenvalue weighted by atomic mass is 9.87. The molecule has 1 unspecified atom stereocenters. The molecule has 0 amide bonds. The highest BCUT2D eigenvalue weighted by Gasteiger charge is 2.36. The Morgan fingerprint density at radius 2 is 1.92 bits per heavy atom. The summed E-state index contributed by atoms with van der Waals surface area (Å²) in [7, 11) is 0. The van der Waals surface area contributed by atoms with E-state index in [0.717, 1.165) is 57.3 Å². The molecule has 0 saturated heterocycles. The minimum Gasteiger partial charge on any atom is -0.489 e. The van der Waals surface area contributed by atoms with Crippen molar-refractivity contribution in [1.29, 1.82) is 0 Å². The summed E-state index contributed by atoms with van der Waals surface area (Å²) in [4.78, 5) is 34.2. The Kier molecular flexibility index (Phi) is 9.34. The molecule has 0 bridgehead atoms. The quantitative estimate of drug-likeness (QED) is 0.201. The van der Waals surface area contributed by atoms with Gasteiger partial charge in [0.25, 0.3) is 0 Å². The van der Waals surface area contributed by atoms with E-state index in [1.165, 1.54) is 12.2 Å². The number of carbonyl (C=O) groups is 3. The Bertz CT molecular complexity index is 1260. The summed E-state index contributed by atoms with van der Waals surface area (Å²) in [6, 6.07) is 5.59. The van der Waals surface area contributed by atoms with Gasteiger partial charge in [-0.3, -0.25) is 9.59 Å². The topological polar surface area (TPSA) is 99.1 Å². The summed E-state index contributed by atoms with van der Waals surface area (Å²) in [6.07, 6.45) is 6.33. The van der Waals surface area contributed by atoms with Gasteiger partial charge in [0, 0.05) is 11.6 Å². The van der Waals surface area contributed by atoms with Crippen LogP contribution in [0.25, 0.3) is 6.08 Å². The van der Waals surface area contributed by atoms with Gasteiger partial charge in [0.05, 0.1) is 11.5 Å². The number of aryl methyl sites for hydroxylation is 1. The molecule has 37 heavy (non-hydrogen) atoms. The van der Waals surface area contributed by atoms with Gasteiger partial charge in [-0.2, -0.15) is 0 Å². The fourth-order valence-corrected chi connectivity index (χ4v) is 4.66. The molecule has 0 spiro atoms. The zero-order chi connectivity index (χ0) is 27.2. The van der Waals surface area contributed by atoms with Gasteiger partial charge in [-0.1, -0.05) is 23.9 Å². The van der Waals surface area contributed by atoms with E-state index in [1.807, 2.05) is 52.8 Å². The van der Waals surface area contributed by atoms with E-state index >= 15 is 0 Å². The van der Waals surface area contributed by atoms with Crippen LogP contribution in [0, 0.1) is 27.7 Å². The molecule has 1 heterocycles. The summed E-state index contributed by atoms with van der Waals surface area (Å²) < 4.78 is 18.3. The number of allylic oxidation sites excluding steroid dienone is 1. The van der Waals surface area contributed by atoms with Crippen LogP contribution in [0.1, 0.15) is 46.7 Å². The maximum absolute atomic E-state index is 12.1. The minimum absolute atomic E-state index is 0.229. The highest BCUT2D eigenvalue weighted by Crippen LogP contribution is 2.44. The molecular weight excluding hydrogens is 492 g/mol. The molecule has 1 N–H and O–H groups in total. The fraction of sp³-hybridized carbons (Fsp3) is 0.345. The average molecular weight is 525 g/mol. The second kappa shape index (κ2) is 12.3. The van der Waals surface area contributed by atoms with Gasteiger partial charge in [0.15, 0.2) is 11.9 Å². The van der Waals surface area contributed by atoms with Crippen molar-refractivity contribution in [3.8, 4) is 17.2 Å². The van der Waals surface area contributed by atoms with Gasteiger partial charge in [-0.25, -0.2) is 4.79 Å². The van der Waals surface area contributed by atoms with Crippen molar-refractivity contribution in [3.63, 3.8) is 0 Å². The predicted molar refractivity (Wildman–Crippen MR) is 145 cm³/mol. The Morgan fingerprint density at radius 3 is 2.57 bits per heavy atom. The molecule has 1 atom stereocenters. The van der Waals surface area contributed by atoms with Crippen LogP contribution in [0.5, 0.6) is 17.2 Å². The van der Waals surface area contributed by atoms with Crippen molar-refractivity contribution >= 4 is 35.7 Å². The smallest absolute Gasteiger partial charge is 0.335 e. The molecule has 2 aromatic rings. The summed E-state index contributed by atoms with van der Waals surface area (Å²) in [5, 5.41) is 8.90. The second-order valence-electron chi connectivity index (χ2n) is 9.26. The molecule has 1 aliphatic rings. The molecule has 1 aliphatic heterocycles. The number of benzene rings is 2. The highest BCUT2D eigenvalue weighted by molar-refractivity contribution is 8.16. The zero-order valence-corrected chi connectivity index (χ0v) is 22.6. The maximum Gasteiger partial charge on any atom is 0.335 e. The molecule has 196 valence electrons. The van der Waals surface area contributed by atoms with Crippen LogP contribution in [-0.4, -0.2) is 41.8 Å². The molecule has 8 heteroatoms. The lowest BCUT2D eigenvalue weighted by molar-refractivity contribution is -0.129. The fourth-order valence-electron chi connectivity index (χ4n) is 4.29. The number of carbonyl (C=O) groups excluding carboxylic acids is 3. The zero-order valence-electron chi connectivity index (χ0n) is 21.8. The number of rotatable bonds is 10. The summed E-state index contributed by atoms with van der Waals surface area (Å²) >= 11 is 0.842. The van der Waals surface area contributed by atoms with Crippen molar-refractivity contribution in [2.24, 2.45) is 0 Å². The minimum atomic E-state index is -0.561. The first-order valence-corrected chi connectivity index (χ1v) is 12.8. The SMILES string of the molecule is Cc1cc(/C=C(/C=O)SC=O)ccc1OCC1(C)CCc2c(C)c(OC(=O)/C=C/CO)c(C)c(C)c2O1. The standard InChI is InChI=1S/C29H32O7S/c1-18-13-22(14-23(15-31)37-17-32)8-9-25(18)34-16-29(5)11-10-24-21(4)27(35-26(33)7-6-12-30)19(2)20(3)28(24)36-29/h6-9,13-15,17,30H,10-12,16H2,1-5H3/b7-6+,23-14-. The van der Waals surface area contributed by atoms with E-state index in [1.54, 1.807) is 6.08 Å². The number of hydrogen-bond acceptors (Lipinski definition) is 8. The third kappa shape index (κ3) is 6.70. The first-order chi connectivity index (χ1) is 17.6. The number of aliphatic hydroxyl groups is 1. The Hall–Kier alpha value is -3.36. The van der Waals surface area contributed by atoms with E-state index < -0.39 is 11.6 Å². The number of fused-ring (bicyclic) bond motifs is 1. The molecule has 2 aromatic carbocycles. The van der Waals surface area contributed by atoms with Gasteiger partial charge >= 0.3 is 5.97 Å². The summed E-state index contributed by atoms with van der Waals surface area (Å²) in [5.41, 5.74) is 5.40. The number of aliphatic hydroxyl groups excluding tert-OH is 1. The molecule has 7 nitrogen and oxygen atoms in total. The third-order valence-electron chi connectivity index (χ3n) is 6.47. The number of ether oxygens (including phenoxy) is 3. The lowest BCUT2D eigenvalue weighted by Gasteiger charge is -2.38. The second-order valence-corrected chi connectivity index (χ2v) is 10.2. The van der Waals surface area contributed by atoms with E-state index in [2.05, 4.69) is 0 Å². The Labute approximate surface area is 221 Å². The van der Waals surface area contributed by atoms with Crippen LogP contribution in [0.4, 0.5) is 0 Å².